The summed E-state index contributed by atoms with van der Waals surface area (Å²) < 4.78 is 8.88. The smallest absolute Gasteiger partial charge is 1.00 e. The van der Waals surface area contributed by atoms with Gasteiger partial charge in [-0.15, -0.1) is 0 Å². The molecule has 0 heterocycles. The largest absolute Gasteiger partial charge is 1.00 e. The monoisotopic (exact) mass is 140 g/mol. The fraction of sp³-hybridized carbons (Fsp3) is 0. The van der Waals surface area contributed by atoms with Crippen LogP contribution in [0.4, 0.5) is 0 Å². The Labute approximate surface area is 63.7 Å². The van der Waals surface area contributed by atoms with Crippen molar-refractivity contribution >= 4 is 7.82 Å². The van der Waals surface area contributed by atoms with Crippen LogP contribution in [0.2, 0.25) is 0 Å². The van der Waals surface area contributed by atoms with E-state index in [-0.39, 0.29) is 36.5 Å². The van der Waals surface area contributed by atoms with Crippen molar-refractivity contribution in [1.82, 2.24) is 0 Å². The van der Waals surface area contributed by atoms with E-state index in [2.05, 4.69) is 0 Å². The van der Waals surface area contributed by atoms with Crippen molar-refractivity contribution in [2.75, 3.05) is 0 Å². The van der Waals surface area contributed by atoms with Crippen LogP contribution in [0.15, 0.2) is 0 Å². The first-order valence-corrected chi connectivity index (χ1v) is 2.35. The van der Waals surface area contributed by atoms with E-state index in [1.807, 2.05) is 0 Å². The average Bonchev–Trinajstić information content (AvgIpc) is 0.722. The van der Waals surface area contributed by atoms with Crippen LogP contribution in [-0.2, 0) is 4.57 Å². The van der Waals surface area contributed by atoms with Crippen LogP contribution in [0.5, 0.6) is 0 Å². The molecule has 5 N–H and O–H groups in total. The maximum absolute atomic E-state index is 8.88. The van der Waals surface area contributed by atoms with Crippen LogP contribution in [0.3, 0.4) is 0 Å². The van der Waals surface area contributed by atoms with Crippen molar-refractivity contribution in [2.24, 2.45) is 0 Å². The molecule has 7 heteroatoms. The van der Waals surface area contributed by atoms with Gasteiger partial charge in [-0.2, -0.15) is 0 Å². The van der Waals surface area contributed by atoms with E-state index in [4.69, 9.17) is 19.2 Å². The summed E-state index contributed by atoms with van der Waals surface area (Å²) in [4.78, 5) is 21.6. The second-order valence-electron chi connectivity index (χ2n) is 0.513. The topological polar surface area (TPSA) is 109 Å². The van der Waals surface area contributed by atoms with Crippen molar-refractivity contribution < 1.29 is 55.7 Å². The van der Waals surface area contributed by atoms with E-state index in [0.29, 0.717) is 0 Å². The van der Waals surface area contributed by atoms with E-state index in [0.717, 1.165) is 0 Å². The first-order valence-electron chi connectivity index (χ1n) is 0.783. The molecule has 5 nitrogen and oxygen atoms in total. The van der Waals surface area contributed by atoms with Crippen LogP contribution in [-0.4, -0.2) is 20.2 Å². The Hall–Kier alpha value is 1.07. The molecule has 0 aromatic heterocycles. The standard InChI is InChI=1S/Na.H3O4P.H2O.H/c;1-5(2,3)4;;/h;(H3,1,2,3,4);1H2;/q+1;;;-1. The van der Waals surface area contributed by atoms with Gasteiger partial charge in [-0.1, -0.05) is 0 Å². The molecule has 0 saturated heterocycles. The molecule has 0 rings (SSSR count). The summed E-state index contributed by atoms with van der Waals surface area (Å²) in [5.74, 6) is 0. The van der Waals surface area contributed by atoms with Crippen LogP contribution < -0.4 is 29.6 Å². The molecule has 0 spiro atoms. The summed E-state index contributed by atoms with van der Waals surface area (Å²) in [7, 11) is -4.64. The fourth-order valence-corrected chi connectivity index (χ4v) is 0. The minimum Gasteiger partial charge on any atom is -1.00 e. The molecular formula is H6NaO5P. The second kappa shape index (κ2) is 5.21. The normalized spacial score (nSPS) is 8.43. The van der Waals surface area contributed by atoms with Crippen molar-refractivity contribution in [3.8, 4) is 0 Å². The van der Waals surface area contributed by atoms with Crippen LogP contribution in [0.1, 0.15) is 1.43 Å². The number of rotatable bonds is 0. The summed E-state index contributed by atoms with van der Waals surface area (Å²) in [5, 5.41) is 0. The Balaban J connectivity index is -0.0000000267. The Morgan fingerprint density at radius 2 is 1.29 bits per heavy atom. The zero-order chi connectivity index (χ0) is 4.50. The molecule has 42 valence electrons. The molecule has 0 bridgehead atoms. The van der Waals surface area contributed by atoms with Crippen molar-refractivity contribution in [2.45, 2.75) is 0 Å². The van der Waals surface area contributed by atoms with Gasteiger partial charge in [0.1, 0.15) is 0 Å². The van der Waals surface area contributed by atoms with Gasteiger partial charge in [-0.3, -0.25) is 0 Å². The zero-order valence-corrected chi connectivity index (χ0v) is 6.59. The predicted octanol–water partition coefficient (Wildman–Crippen LogP) is -4.64. The Kier molecular flexibility index (Phi) is 11.7. The van der Waals surface area contributed by atoms with Crippen LogP contribution >= 0.6 is 7.82 Å². The van der Waals surface area contributed by atoms with Gasteiger partial charge < -0.3 is 21.6 Å². The van der Waals surface area contributed by atoms with E-state index in [9.17, 15) is 0 Å². The Morgan fingerprint density at radius 3 is 1.29 bits per heavy atom. The number of phosphoric acid groups is 1. The van der Waals surface area contributed by atoms with Gasteiger partial charge in [-0.05, 0) is 0 Å². The summed E-state index contributed by atoms with van der Waals surface area (Å²) >= 11 is 0. The zero-order valence-electron chi connectivity index (χ0n) is 4.70. The molecule has 0 aromatic carbocycles. The first-order chi connectivity index (χ1) is 2.00. The van der Waals surface area contributed by atoms with Gasteiger partial charge in [0.05, 0.1) is 0 Å². The van der Waals surface area contributed by atoms with Gasteiger partial charge in [0.2, 0.25) is 0 Å². The summed E-state index contributed by atoms with van der Waals surface area (Å²) in [6, 6.07) is 0. The van der Waals surface area contributed by atoms with E-state index < -0.39 is 7.82 Å². The second-order valence-corrected chi connectivity index (χ2v) is 1.54. The minimum absolute atomic E-state index is 0. The predicted molar refractivity (Wildman–Crippen MR) is 19.0 cm³/mol. The first kappa shape index (κ1) is 15.7. The molecule has 0 unspecified atom stereocenters. The van der Waals surface area contributed by atoms with Gasteiger partial charge in [0.25, 0.3) is 0 Å². The molecule has 0 amide bonds. The molecular weight excluding hydrogens is 134 g/mol. The molecule has 0 aliphatic carbocycles. The number of hydrogen-bond acceptors (Lipinski definition) is 1. The Morgan fingerprint density at radius 1 is 1.29 bits per heavy atom. The molecule has 0 aliphatic rings. The minimum atomic E-state index is -4.64. The van der Waals surface area contributed by atoms with E-state index in [1.54, 1.807) is 0 Å². The molecule has 0 atom stereocenters. The molecule has 0 aliphatic heterocycles. The number of hydrogen-bond donors (Lipinski definition) is 3. The average molecular weight is 140 g/mol. The van der Waals surface area contributed by atoms with E-state index >= 15 is 0 Å². The third-order valence-electron chi connectivity index (χ3n) is 0. The van der Waals surface area contributed by atoms with Crippen molar-refractivity contribution in [3.63, 3.8) is 0 Å². The van der Waals surface area contributed by atoms with Gasteiger partial charge in [-0.25, -0.2) is 4.57 Å². The molecule has 0 fully saturated rings. The van der Waals surface area contributed by atoms with E-state index in [1.165, 1.54) is 0 Å². The molecule has 0 radical (unpaired) electrons. The summed E-state index contributed by atoms with van der Waals surface area (Å²) in [5.41, 5.74) is 0. The van der Waals surface area contributed by atoms with Crippen molar-refractivity contribution in [1.29, 1.82) is 0 Å². The van der Waals surface area contributed by atoms with Gasteiger partial charge in [0, 0.05) is 0 Å². The van der Waals surface area contributed by atoms with Crippen molar-refractivity contribution in [3.05, 3.63) is 0 Å². The van der Waals surface area contributed by atoms with Crippen LogP contribution in [0, 0.1) is 0 Å². The molecule has 0 saturated carbocycles. The maximum atomic E-state index is 8.88. The fourth-order valence-electron chi connectivity index (χ4n) is 0. The van der Waals surface area contributed by atoms with Gasteiger partial charge in [0.15, 0.2) is 0 Å². The SMILES string of the molecule is O.O=P(O)(O)O.[H-].[Na+]. The third-order valence-corrected chi connectivity index (χ3v) is 0. The quantitative estimate of drug-likeness (QED) is 0.232. The van der Waals surface area contributed by atoms with Crippen LogP contribution in [0.25, 0.3) is 0 Å². The summed E-state index contributed by atoms with van der Waals surface area (Å²) in [6.07, 6.45) is 0. The Bertz CT molecular complexity index is 58.6. The van der Waals surface area contributed by atoms with Gasteiger partial charge >= 0.3 is 37.4 Å². The molecule has 0 aromatic rings. The molecule has 7 heavy (non-hydrogen) atoms. The summed E-state index contributed by atoms with van der Waals surface area (Å²) in [6.45, 7) is 0. The maximum Gasteiger partial charge on any atom is 1.00 e. The third kappa shape index (κ3) is 159.